The van der Waals surface area contributed by atoms with Crippen LogP contribution in [0.5, 0.6) is 0 Å². The minimum atomic E-state index is 0.171. The summed E-state index contributed by atoms with van der Waals surface area (Å²) in [5, 5.41) is 0. The molecule has 3 heteroatoms. The number of ether oxygens (including phenoxy) is 1. The average molecular weight is 206 g/mol. The van der Waals surface area contributed by atoms with E-state index in [0.717, 1.165) is 19.8 Å². The first-order valence-corrected chi connectivity index (χ1v) is 5.30. The van der Waals surface area contributed by atoms with Gasteiger partial charge in [-0.15, -0.1) is 0 Å². The first-order chi connectivity index (χ1) is 7.26. The second-order valence-electron chi connectivity index (χ2n) is 4.39. The molecule has 1 fully saturated rings. The fraction of sp³-hybridized carbons (Fsp3) is 0.500. The van der Waals surface area contributed by atoms with Gasteiger partial charge < -0.3 is 15.4 Å². The second kappa shape index (κ2) is 4.21. The third-order valence-electron chi connectivity index (χ3n) is 3.02. The van der Waals surface area contributed by atoms with Crippen LogP contribution in [0.3, 0.4) is 0 Å². The molecule has 0 spiro atoms. The molecule has 3 nitrogen and oxygen atoms in total. The van der Waals surface area contributed by atoms with Crippen molar-refractivity contribution >= 4 is 5.69 Å². The second-order valence-corrected chi connectivity index (χ2v) is 4.39. The maximum Gasteiger partial charge on any atom is 0.0574 e. The van der Waals surface area contributed by atoms with Gasteiger partial charge in [-0.2, -0.15) is 0 Å². The molecule has 1 aromatic carbocycles. The average Bonchev–Trinajstić information content (AvgIpc) is 2.24. The summed E-state index contributed by atoms with van der Waals surface area (Å²) < 4.78 is 5.26. The number of anilines is 1. The summed E-state index contributed by atoms with van der Waals surface area (Å²) in [5.74, 6) is 0. The Morgan fingerprint density at radius 3 is 2.47 bits per heavy atom. The predicted molar refractivity (Wildman–Crippen MR) is 62.0 cm³/mol. The van der Waals surface area contributed by atoms with E-state index in [1.165, 1.54) is 5.69 Å². The summed E-state index contributed by atoms with van der Waals surface area (Å²) in [4.78, 5) is 2.25. The molecule has 0 bridgehead atoms. The molecule has 1 aliphatic rings. The Morgan fingerprint density at radius 1 is 1.33 bits per heavy atom. The molecule has 0 aliphatic carbocycles. The summed E-state index contributed by atoms with van der Waals surface area (Å²) in [6, 6.07) is 10.4. The molecule has 0 unspecified atom stereocenters. The van der Waals surface area contributed by atoms with Crippen molar-refractivity contribution in [3.63, 3.8) is 0 Å². The molecular weight excluding hydrogens is 188 g/mol. The molecule has 82 valence electrons. The monoisotopic (exact) mass is 206 g/mol. The molecule has 0 aromatic heterocycles. The highest BCUT2D eigenvalue weighted by molar-refractivity contribution is 5.45. The van der Waals surface area contributed by atoms with Gasteiger partial charge in [0.1, 0.15) is 0 Å². The highest BCUT2D eigenvalue weighted by Crippen LogP contribution is 2.28. The van der Waals surface area contributed by atoms with Gasteiger partial charge in [0.05, 0.1) is 13.2 Å². The SMILES string of the molecule is CN(CC1(CN)COC1)c1ccccc1. The third-order valence-corrected chi connectivity index (χ3v) is 3.02. The van der Waals surface area contributed by atoms with E-state index in [9.17, 15) is 0 Å². The molecule has 2 N–H and O–H groups in total. The van der Waals surface area contributed by atoms with Crippen LogP contribution in [-0.2, 0) is 4.74 Å². The van der Waals surface area contributed by atoms with Crippen LogP contribution in [-0.4, -0.2) is 33.4 Å². The fourth-order valence-electron chi connectivity index (χ4n) is 1.94. The lowest BCUT2D eigenvalue weighted by Gasteiger charge is -2.43. The van der Waals surface area contributed by atoms with Crippen molar-refractivity contribution in [1.82, 2.24) is 0 Å². The lowest BCUT2D eigenvalue weighted by molar-refractivity contribution is -0.101. The number of nitrogens with two attached hydrogens (primary N) is 1. The van der Waals surface area contributed by atoms with Gasteiger partial charge in [0, 0.05) is 31.2 Å². The zero-order chi connectivity index (χ0) is 10.7. The minimum Gasteiger partial charge on any atom is -0.380 e. The van der Waals surface area contributed by atoms with Crippen LogP contribution in [0.1, 0.15) is 0 Å². The Morgan fingerprint density at radius 2 is 2.00 bits per heavy atom. The molecule has 0 saturated carbocycles. The van der Waals surface area contributed by atoms with E-state index in [1.807, 2.05) is 6.07 Å². The van der Waals surface area contributed by atoms with E-state index in [1.54, 1.807) is 0 Å². The number of para-hydroxylation sites is 1. The zero-order valence-corrected chi connectivity index (χ0v) is 9.15. The van der Waals surface area contributed by atoms with Crippen LogP contribution in [0.2, 0.25) is 0 Å². The van der Waals surface area contributed by atoms with E-state index in [0.29, 0.717) is 6.54 Å². The van der Waals surface area contributed by atoms with Gasteiger partial charge in [-0.05, 0) is 12.1 Å². The number of nitrogens with zero attached hydrogens (tertiary/aromatic N) is 1. The lowest BCUT2D eigenvalue weighted by atomic mass is 9.85. The first kappa shape index (κ1) is 10.5. The van der Waals surface area contributed by atoms with Gasteiger partial charge in [0.2, 0.25) is 0 Å². The highest BCUT2D eigenvalue weighted by Gasteiger charge is 2.38. The molecule has 1 aliphatic heterocycles. The van der Waals surface area contributed by atoms with Gasteiger partial charge in [-0.3, -0.25) is 0 Å². The largest absolute Gasteiger partial charge is 0.380 e. The molecule has 2 rings (SSSR count). The van der Waals surface area contributed by atoms with Crippen molar-refractivity contribution in [3.05, 3.63) is 30.3 Å². The van der Waals surface area contributed by atoms with Gasteiger partial charge in [0.25, 0.3) is 0 Å². The quantitative estimate of drug-likeness (QED) is 0.801. The van der Waals surface area contributed by atoms with Gasteiger partial charge in [0.15, 0.2) is 0 Å². The number of rotatable bonds is 4. The Kier molecular flexibility index (Phi) is 2.93. The smallest absolute Gasteiger partial charge is 0.0574 e. The number of benzene rings is 1. The van der Waals surface area contributed by atoms with Crippen LogP contribution in [0, 0.1) is 5.41 Å². The van der Waals surface area contributed by atoms with Gasteiger partial charge >= 0.3 is 0 Å². The summed E-state index contributed by atoms with van der Waals surface area (Å²) in [5.41, 5.74) is 7.19. The van der Waals surface area contributed by atoms with E-state index in [2.05, 4.69) is 36.2 Å². The standard InChI is InChI=1S/C12H18N2O/c1-14(11-5-3-2-4-6-11)8-12(7-13)9-15-10-12/h2-6H,7-10,13H2,1H3. The van der Waals surface area contributed by atoms with E-state index >= 15 is 0 Å². The van der Waals surface area contributed by atoms with E-state index in [-0.39, 0.29) is 5.41 Å². The van der Waals surface area contributed by atoms with E-state index in [4.69, 9.17) is 10.5 Å². The molecule has 0 amide bonds. The van der Waals surface area contributed by atoms with Crippen LogP contribution < -0.4 is 10.6 Å². The Bertz CT molecular complexity index is 303. The molecule has 15 heavy (non-hydrogen) atoms. The van der Waals surface area contributed by atoms with Crippen LogP contribution >= 0.6 is 0 Å². The normalized spacial score (nSPS) is 18.3. The molecule has 0 radical (unpaired) electrons. The van der Waals surface area contributed by atoms with Crippen molar-refractivity contribution in [2.45, 2.75) is 0 Å². The maximum absolute atomic E-state index is 5.79. The number of hydrogen-bond donors (Lipinski definition) is 1. The van der Waals surface area contributed by atoms with Crippen molar-refractivity contribution in [3.8, 4) is 0 Å². The van der Waals surface area contributed by atoms with Gasteiger partial charge in [-0.25, -0.2) is 0 Å². The van der Waals surface area contributed by atoms with Gasteiger partial charge in [-0.1, -0.05) is 18.2 Å². The summed E-state index contributed by atoms with van der Waals surface area (Å²) >= 11 is 0. The zero-order valence-electron chi connectivity index (χ0n) is 9.15. The van der Waals surface area contributed by atoms with Crippen LogP contribution in [0.25, 0.3) is 0 Å². The van der Waals surface area contributed by atoms with Crippen LogP contribution in [0.4, 0.5) is 5.69 Å². The lowest BCUT2D eigenvalue weighted by Crippen LogP contribution is -2.54. The first-order valence-electron chi connectivity index (χ1n) is 5.30. The molecule has 0 atom stereocenters. The molecule has 1 saturated heterocycles. The number of hydrogen-bond acceptors (Lipinski definition) is 3. The predicted octanol–water partition coefficient (Wildman–Crippen LogP) is 1.10. The minimum absolute atomic E-state index is 0.171. The van der Waals surface area contributed by atoms with Crippen molar-refractivity contribution in [2.75, 3.05) is 38.3 Å². The summed E-state index contributed by atoms with van der Waals surface area (Å²) in [6.07, 6.45) is 0. The molecule has 1 aromatic rings. The van der Waals surface area contributed by atoms with Crippen molar-refractivity contribution < 1.29 is 4.74 Å². The Hall–Kier alpha value is -1.06. The summed E-state index contributed by atoms with van der Waals surface area (Å²) in [7, 11) is 2.10. The highest BCUT2D eigenvalue weighted by atomic mass is 16.5. The van der Waals surface area contributed by atoms with Crippen molar-refractivity contribution in [2.24, 2.45) is 11.1 Å². The Balaban J connectivity index is 2.00. The topological polar surface area (TPSA) is 38.5 Å². The summed E-state index contributed by atoms with van der Waals surface area (Å²) in [6.45, 7) is 3.25. The van der Waals surface area contributed by atoms with Crippen molar-refractivity contribution in [1.29, 1.82) is 0 Å². The molecule has 1 heterocycles. The third kappa shape index (κ3) is 2.13. The molecular formula is C12H18N2O. The van der Waals surface area contributed by atoms with Crippen LogP contribution in [0.15, 0.2) is 30.3 Å². The maximum atomic E-state index is 5.79. The van der Waals surface area contributed by atoms with E-state index < -0.39 is 0 Å². The fourth-order valence-corrected chi connectivity index (χ4v) is 1.94. The Labute approximate surface area is 90.8 Å².